The Kier molecular flexibility index (Phi) is 10.6. The van der Waals surface area contributed by atoms with Gasteiger partial charge in [-0.1, -0.05) is 25.5 Å². The van der Waals surface area contributed by atoms with Crippen LogP contribution in [-0.4, -0.2) is 59.3 Å². The number of anilines is 2. The first-order valence-corrected chi connectivity index (χ1v) is 10.9. The van der Waals surface area contributed by atoms with Crippen LogP contribution < -0.4 is 21.7 Å². The van der Waals surface area contributed by atoms with Crippen LogP contribution in [0.2, 0.25) is 0 Å². The van der Waals surface area contributed by atoms with Gasteiger partial charge in [-0.25, -0.2) is 19.4 Å². The number of nitrogens with zero attached hydrogens (tertiary/aromatic N) is 2. The Hall–Kier alpha value is -4.43. The summed E-state index contributed by atoms with van der Waals surface area (Å²) in [5.41, 5.74) is 6.44. The number of carbonyl (C=O) groups is 4. The number of alkyl halides is 3. The Balaban J connectivity index is 1.97. The summed E-state index contributed by atoms with van der Waals surface area (Å²) >= 11 is 0. The van der Waals surface area contributed by atoms with E-state index in [1.807, 2.05) is 12.2 Å². The molecule has 0 saturated heterocycles. The molecule has 0 saturated carbocycles. The Labute approximate surface area is 209 Å². The molecule has 2 amide bonds. The molecule has 0 aliphatic carbocycles. The highest BCUT2D eigenvalue weighted by atomic mass is 19.4. The Morgan fingerprint density at radius 2 is 1.81 bits per heavy atom. The van der Waals surface area contributed by atoms with Crippen molar-refractivity contribution >= 4 is 35.7 Å². The maximum atomic E-state index is 12.5. The van der Waals surface area contributed by atoms with Gasteiger partial charge >= 0.3 is 24.2 Å². The van der Waals surface area contributed by atoms with E-state index in [1.54, 1.807) is 18.2 Å². The number of nitrogen functional groups attached to an aromatic ring is 1. The third kappa shape index (κ3) is 9.99. The molecule has 1 atom stereocenters. The van der Waals surface area contributed by atoms with Crippen molar-refractivity contribution in [2.45, 2.75) is 38.5 Å². The van der Waals surface area contributed by atoms with Crippen molar-refractivity contribution in [3.05, 3.63) is 47.7 Å². The normalized spacial score (nSPS) is 11.7. The number of ether oxygens (including phenoxy) is 2. The van der Waals surface area contributed by atoms with Crippen LogP contribution in [0.4, 0.5) is 29.7 Å². The second kappa shape index (κ2) is 13.6. The van der Waals surface area contributed by atoms with E-state index in [0.29, 0.717) is 25.2 Å². The number of nitrogens with two attached hydrogens (primary N) is 1. The van der Waals surface area contributed by atoms with E-state index in [1.165, 1.54) is 18.3 Å². The average molecular weight is 526 g/mol. The number of carbonyl (C=O) groups excluding carboxylic acids is 4. The van der Waals surface area contributed by atoms with Gasteiger partial charge in [-0.15, -0.1) is 0 Å². The van der Waals surface area contributed by atoms with Crippen molar-refractivity contribution in [2.24, 2.45) is 0 Å². The molecule has 0 aliphatic heterocycles. The largest absolute Gasteiger partial charge is 0.491 e. The molecule has 2 aromatic rings. The maximum Gasteiger partial charge on any atom is 0.491 e. The summed E-state index contributed by atoms with van der Waals surface area (Å²) in [6.45, 7) is 1.49. The molecule has 1 heterocycles. The molecule has 2 rings (SSSR count). The van der Waals surface area contributed by atoms with Gasteiger partial charge in [-0.2, -0.15) is 18.2 Å². The summed E-state index contributed by atoms with van der Waals surface area (Å²) in [4.78, 5) is 55.2. The molecule has 15 heteroatoms. The van der Waals surface area contributed by atoms with Crippen molar-refractivity contribution in [3.8, 4) is 0 Å². The van der Waals surface area contributed by atoms with Gasteiger partial charge in [0.25, 0.3) is 5.91 Å². The Bertz CT molecular complexity index is 1100. The third-order valence-corrected chi connectivity index (χ3v) is 4.56. The molecule has 200 valence electrons. The predicted molar refractivity (Wildman–Crippen MR) is 123 cm³/mol. The first kappa shape index (κ1) is 28.8. The molecule has 37 heavy (non-hydrogen) atoms. The van der Waals surface area contributed by atoms with Gasteiger partial charge in [0.05, 0.1) is 6.61 Å². The number of rotatable bonds is 11. The van der Waals surface area contributed by atoms with Crippen LogP contribution in [0.3, 0.4) is 0 Å². The van der Waals surface area contributed by atoms with Gasteiger partial charge in [-0.3, -0.25) is 4.79 Å². The highest BCUT2D eigenvalue weighted by molar-refractivity contribution is 5.96. The molecule has 0 spiro atoms. The summed E-state index contributed by atoms with van der Waals surface area (Å²) in [6.07, 6.45) is -3.88. The number of aromatic nitrogens is 2. The van der Waals surface area contributed by atoms with Crippen molar-refractivity contribution in [1.29, 1.82) is 0 Å². The van der Waals surface area contributed by atoms with Crippen molar-refractivity contribution in [1.82, 2.24) is 20.6 Å². The van der Waals surface area contributed by atoms with Crippen LogP contribution in [0.15, 0.2) is 36.5 Å². The zero-order valence-corrected chi connectivity index (χ0v) is 19.6. The van der Waals surface area contributed by atoms with Crippen molar-refractivity contribution in [2.75, 3.05) is 24.2 Å². The van der Waals surface area contributed by atoms with Crippen LogP contribution in [0.25, 0.3) is 0 Å². The molecule has 0 aliphatic rings. The molecule has 0 unspecified atom stereocenters. The lowest BCUT2D eigenvalue weighted by atomic mass is 10.1. The summed E-state index contributed by atoms with van der Waals surface area (Å²) in [7, 11) is 0. The number of benzene rings is 1. The fraction of sp³-hybridized carbons (Fsp3) is 0.364. The van der Waals surface area contributed by atoms with Crippen LogP contribution in [0.5, 0.6) is 0 Å². The van der Waals surface area contributed by atoms with Gasteiger partial charge < -0.3 is 31.2 Å². The Morgan fingerprint density at radius 1 is 1.11 bits per heavy atom. The van der Waals surface area contributed by atoms with Gasteiger partial charge in [0.1, 0.15) is 11.9 Å². The van der Waals surface area contributed by atoms with Gasteiger partial charge in [0, 0.05) is 24.8 Å². The number of esters is 2. The summed E-state index contributed by atoms with van der Waals surface area (Å²) in [5, 5.41) is 7.31. The number of unbranched alkanes of at least 4 members (excludes halogenated alkanes) is 1. The van der Waals surface area contributed by atoms with Crippen LogP contribution >= 0.6 is 0 Å². The smallest absolute Gasteiger partial charge is 0.450 e. The zero-order valence-electron chi connectivity index (χ0n) is 19.6. The number of hydrogen-bond donors (Lipinski definition) is 4. The van der Waals surface area contributed by atoms with Gasteiger partial charge in [0.15, 0.2) is 0 Å². The van der Waals surface area contributed by atoms with Crippen LogP contribution in [0, 0.1) is 0 Å². The summed E-state index contributed by atoms with van der Waals surface area (Å²) in [5.74, 6) is -4.59. The SMILES string of the molecule is CCCCOC(=O)N[C@@H](CNC(=O)c1ccc(CNc2ccnc(N)n2)cc1)C(=O)OC(=O)C(F)(F)F. The molecule has 1 aromatic carbocycles. The van der Waals surface area contributed by atoms with E-state index in [9.17, 15) is 32.3 Å². The molecule has 12 nitrogen and oxygen atoms in total. The van der Waals surface area contributed by atoms with Gasteiger partial charge in [-0.05, 0) is 30.2 Å². The highest BCUT2D eigenvalue weighted by Gasteiger charge is 2.43. The number of nitrogens with one attached hydrogen (secondary N) is 3. The lowest BCUT2D eigenvalue weighted by Gasteiger charge is -2.18. The Morgan fingerprint density at radius 3 is 2.43 bits per heavy atom. The average Bonchev–Trinajstić information content (AvgIpc) is 2.85. The monoisotopic (exact) mass is 526 g/mol. The fourth-order valence-corrected chi connectivity index (χ4v) is 2.64. The summed E-state index contributed by atoms with van der Waals surface area (Å²) in [6, 6.07) is 5.98. The number of hydrogen-bond acceptors (Lipinski definition) is 10. The predicted octanol–water partition coefficient (Wildman–Crippen LogP) is 1.93. The van der Waals surface area contributed by atoms with Crippen LogP contribution in [-0.2, 0) is 25.6 Å². The number of amides is 2. The van der Waals surface area contributed by atoms with Crippen molar-refractivity contribution < 1.29 is 41.8 Å². The third-order valence-electron chi connectivity index (χ3n) is 4.56. The maximum absolute atomic E-state index is 12.5. The van der Waals surface area contributed by atoms with E-state index in [0.717, 1.165) is 5.56 Å². The minimum Gasteiger partial charge on any atom is -0.450 e. The molecular weight excluding hydrogens is 501 g/mol. The van der Waals surface area contributed by atoms with E-state index in [4.69, 9.17) is 10.5 Å². The van der Waals surface area contributed by atoms with Gasteiger partial charge in [0.2, 0.25) is 5.95 Å². The number of alkyl carbamates (subject to hydrolysis) is 1. The van der Waals surface area contributed by atoms with Crippen molar-refractivity contribution in [3.63, 3.8) is 0 Å². The molecular formula is C22H25F3N6O6. The standard InChI is InChI=1S/C22H25F3N6O6/c1-2-3-10-36-21(35)30-15(18(33)37-19(34)22(23,24)25)12-29-17(32)14-6-4-13(5-7-14)11-28-16-8-9-27-20(26)31-16/h4-9,15H,2-3,10-12H2,1H3,(H,29,32)(H,30,35)(H3,26,27,28,31)/t15-/m0/s1. The lowest BCUT2D eigenvalue weighted by Crippen LogP contribution is -2.50. The van der Waals surface area contributed by atoms with Crippen LogP contribution in [0.1, 0.15) is 35.7 Å². The van der Waals surface area contributed by atoms with E-state index in [2.05, 4.69) is 25.3 Å². The molecule has 0 bridgehead atoms. The second-order valence-corrected chi connectivity index (χ2v) is 7.45. The quantitative estimate of drug-likeness (QED) is 0.192. The van der Waals surface area contributed by atoms with E-state index >= 15 is 0 Å². The first-order valence-electron chi connectivity index (χ1n) is 10.9. The molecule has 1 aromatic heterocycles. The molecule has 0 fully saturated rings. The molecule has 5 N–H and O–H groups in total. The minimum absolute atomic E-state index is 0.0102. The lowest BCUT2D eigenvalue weighted by molar-refractivity contribution is -0.202. The summed E-state index contributed by atoms with van der Waals surface area (Å²) < 4.78 is 45.9. The second-order valence-electron chi connectivity index (χ2n) is 7.45. The zero-order chi connectivity index (χ0) is 27.4. The highest BCUT2D eigenvalue weighted by Crippen LogP contribution is 2.17. The fourth-order valence-electron chi connectivity index (χ4n) is 2.64. The first-order chi connectivity index (χ1) is 17.5. The van der Waals surface area contributed by atoms with E-state index < -0.39 is 42.7 Å². The topological polar surface area (TPSA) is 175 Å². The number of halogens is 3. The minimum atomic E-state index is -5.43. The van der Waals surface area contributed by atoms with E-state index in [-0.39, 0.29) is 18.1 Å². The molecule has 0 radical (unpaired) electrons.